The molecular weight excluding hydrogens is 434 g/mol. The standard InChI is InChI=1S/C24H34F2N2O3S/c1-4-18-14-19-10-13-28(16-20(19)15-22(18)31-3)12-7-5-6-11-27-32(29,30)23-9-8-21(25)24(26)17(23)2/h8-9,14-15,17,23,27H,4-7,10-13,16H2,1-3H3. The first-order chi connectivity index (χ1) is 15.3. The fourth-order valence-electron chi connectivity index (χ4n) is 4.46. The molecule has 5 nitrogen and oxygen atoms in total. The lowest BCUT2D eigenvalue weighted by atomic mass is 9.95. The number of hydrogen-bond acceptors (Lipinski definition) is 4. The van der Waals surface area contributed by atoms with Gasteiger partial charge >= 0.3 is 0 Å². The predicted molar refractivity (Wildman–Crippen MR) is 123 cm³/mol. The molecule has 0 saturated heterocycles. The van der Waals surface area contributed by atoms with Gasteiger partial charge in [0.1, 0.15) is 16.8 Å². The Morgan fingerprint density at radius 2 is 1.97 bits per heavy atom. The van der Waals surface area contributed by atoms with Crippen molar-refractivity contribution in [1.82, 2.24) is 9.62 Å². The molecule has 2 unspecified atom stereocenters. The van der Waals surface area contributed by atoms with Crippen molar-refractivity contribution < 1.29 is 21.9 Å². The first-order valence-corrected chi connectivity index (χ1v) is 12.9. The summed E-state index contributed by atoms with van der Waals surface area (Å²) in [4.78, 5) is 2.43. The van der Waals surface area contributed by atoms with E-state index in [0.717, 1.165) is 57.1 Å². The molecule has 2 aliphatic rings. The lowest BCUT2D eigenvalue weighted by Gasteiger charge is -2.29. The monoisotopic (exact) mass is 468 g/mol. The van der Waals surface area contributed by atoms with Crippen LogP contribution in [0.2, 0.25) is 0 Å². The zero-order valence-corrected chi connectivity index (χ0v) is 20.0. The molecule has 0 fully saturated rings. The van der Waals surface area contributed by atoms with Crippen molar-refractivity contribution in [2.75, 3.05) is 26.7 Å². The van der Waals surface area contributed by atoms with Crippen molar-refractivity contribution in [2.45, 2.75) is 57.7 Å². The molecule has 2 atom stereocenters. The van der Waals surface area contributed by atoms with Crippen LogP contribution in [0.15, 0.2) is 35.9 Å². The van der Waals surface area contributed by atoms with Crippen molar-refractivity contribution in [2.24, 2.45) is 5.92 Å². The molecule has 0 radical (unpaired) electrons. The molecule has 1 aliphatic heterocycles. The van der Waals surface area contributed by atoms with Crippen LogP contribution >= 0.6 is 0 Å². The number of ether oxygens (including phenoxy) is 1. The number of sulfonamides is 1. The number of nitrogens with one attached hydrogen (secondary N) is 1. The lowest BCUT2D eigenvalue weighted by Crippen LogP contribution is -2.38. The maximum atomic E-state index is 13.7. The van der Waals surface area contributed by atoms with Gasteiger partial charge in [-0.1, -0.05) is 32.4 Å². The van der Waals surface area contributed by atoms with Gasteiger partial charge in [0.15, 0.2) is 5.83 Å². The number of unbranched alkanes of at least 4 members (excludes halogenated alkanes) is 2. The Labute approximate surface area is 190 Å². The number of nitrogens with zero attached hydrogens (tertiary/aromatic N) is 1. The molecule has 1 aliphatic carbocycles. The van der Waals surface area contributed by atoms with Gasteiger partial charge in [0.2, 0.25) is 10.0 Å². The third-order valence-corrected chi connectivity index (χ3v) is 8.33. The Morgan fingerprint density at radius 3 is 2.69 bits per heavy atom. The first-order valence-electron chi connectivity index (χ1n) is 11.4. The van der Waals surface area contributed by atoms with E-state index in [4.69, 9.17) is 4.74 Å². The molecule has 1 N–H and O–H groups in total. The fourth-order valence-corrected chi connectivity index (χ4v) is 6.02. The Hall–Kier alpha value is -1.77. The average Bonchev–Trinajstić information content (AvgIpc) is 2.78. The summed E-state index contributed by atoms with van der Waals surface area (Å²) in [7, 11) is -2.03. The van der Waals surface area contributed by atoms with Gasteiger partial charge in [-0.2, -0.15) is 0 Å². The van der Waals surface area contributed by atoms with Crippen LogP contribution in [0.5, 0.6) is 5.75 Å². The summed E-state index contributed by atoms with van der Waals surface area (Å²) >= 11 is 0. The summed E-state index contributed by atoms with van der Waals surface area (Å²) in [6.07, 6.45) is 6.68. The van der Waals surface area contributed by atoms with Gasteiger partial charge in [-0.05, 0) is 61.1 Å². The van der Waals surface area contributed by atoms with E-state index < -0.39 is 32.8 Å². The van der Waals surface area contributed by atoms with Crippen molar-refractivity contribution in [3.63, 3.8) is 0 Å². The van der Waals surface area contributed by atoms with E-state index in [1.807, 2.05) is 0 Å². The largest absolute Gasteiger partial charge is 0.496 e. The van der Waals surface area contributed by atoms with Gasteiger partial charge in [-0.3, -0.25) is 4.90 Å². The summed E-state index contributed by atoms with van der Waals surface area (Å²) in [5.74, 6) is -2.06. The van der Waals surface area contributed by atoms with Crippen LogP contribution in [0.3, 0.4) is 0 Å². The number of allylic oxidation sites excluding steroid dienone is 3. The number of fused-ring (bicyclic) bond motifs is 1. The second-order valence-electron chi connectivity index (χ2n) is 8.62. The molecule has 0 bridgehead atoms. The molecular formula is C24H34F2N2O3S. The second kappa shape index (κ2) is 10.9. The second-order valence-corrected chi connectivity index (χ2v) is 10.5. The predicted octanol–water partition coefficient (Wildman–Crippen LogP) is 4.43. The van der Waals surface area contributed by atoms with Crippen LogP contribution < -0.4 is 9.46 Å². The minimum absolute atomic E-state index is 0.299. The fraction of sp³-hybridized carbons (Fsp3) is 0.583. The van der Waals surface area contributed by atoms with Crippen LogP contribution in [-0.2, 0) is 29.4 Å². The zero-order valence-electron chi connectivity index (χ0n) is 19.2. The molecule has 32 heavy (non-hydrogen) atoms. The molecule has 0 aromatic heterocycles. The highest BCUT2D eigenvalue weighted by Crippen LogP contribution is 2.31. The van der Waals surface area contributed by atoms with E-state index in [2.05, 4.69) is 28.7 Å². The Balaban J connectivity index is 1.40. The maximum Gasteiger partial charge on any atom is 0.218 e. The van der Waals surface area contributed by atoms with Crippen LogP contribution in [0.4, 0.5) is 8.78 Å². The van der Waals surface area contributed by atoms with Crippen molar-refractivity contribution in [3.05, 3.63) is 52.6 Å². The van der Waals surface area contributed by atoms with Gasteiger partial charge in [-0.15, -0.1) is 0 Å². The Morgan fingerprint density at radius 1 is 1.19 bits per heavy atom. The molecule has 8 heteroatoms. The van der Waals surface area contributed by atoms with E-state index >= 15 is 0 Å². The minimum atomic E-state index is -3.74. The number of halogens is 2. The quantitative estimate of drug-likeness (QED) is 0.516. The molecule has 0 saturated carbocycles. The third-order valence-electron chi connectivity index (χ3n) is 6.44. The average molecular weight is 469 g/mol. The van der Waals surface area contributed by atoms with Gasteiger partial charge in [0, 0.05) is 25.6 Å². The number of methoxy groups -OCH3 is 1. The lowest BCUT2D eigenvalue weighted by molar-refractivity contribution is 0.247. The summed E-state index contributed by atoms with van der Waals surface area (Å²) < 4.78 is 60.0. The van der Waals surface area contributed by atoms with Crippen molar-refractivity contribution in [1.29, 1.82) is 0 Å². The van der Waals surface area contributed by atoms with Crippen molar-refractivity contribution in [3.8, 4) is 5.75 Å². The Kier molecular flexibility index (Phi) is 8.47. The molecule has 1 heterocycles. The first kappa shape index (κ1) is 24.9. The summed E-state index contributed by atoms with van der Waals surface area (Å²) in [6.45, 7) is 6.72. The van der Waals surface area contributed by atoms with Crippen LogP contribution in [0.1, 0.15) is 49.8 Å². The molecule has 1 aromatic rings. The number of rotatable bonds is 10. The van der Waals surface area contributed by atoms with Gasteiger partial charge < -0.3 is 4.74 Å². The number of hydrogen-bond donors (Lipinski definition) is 1. The van der Waals surface area contributed by atoms with Crippen molar-refractivity contribution >= 4 is 10.0 Å². The SMILES string of the molecule is CCc1cc2c(cc1OC)CN(CCCCCNS(=O)(=O)C1C=CC(F)=C(F)C1C)CC2. The minimum Gasteiger partial charge on any atom is -0.496 e. The molecule has 0 amide bonds. The maximum absolute atomic E-state index is 13.7. The van der Waals surface area contributed by atoms with Gasteiger partial charge in [0.05, 0.1) is 7.11 Å². The third kappa shape index (κ3) is 5.77. The van der Waals surface area contributed by atoms with Gasteiger partial charge in [0.25, 0.3) is 0 Å². The zero-order chi connectivity index (χ0) is 23.3. The van der Waals surface area contributed by atoms with Crippen LogP contribution in [0.25, 0.3) is 0 Å². The van der Waals surface area contributed by atoms with E-state index in [0.29, 0.717) is 13.0 Å². The van der Waals surface area contributed by atoms with Gasteiger partial charge in [-0.25, -0.2) is 21.9 Å². The normalized spacial score (nSPS) is 21.7. The van der Waals surface area contributed by atoms with E-state index in [-0.39, 0.29) is 0 Å². The summed E-state index contributed by atoms with van der Waals surface area (Å²) in [5, 5.41) is -1.08. The van der Waals surface area contributed by atoms with Crippen LogP contribution in [-0.4, -0.2) is 45.3 Å². The summed E-state index contributed by atoms with van der Waals surface area (Å²) in [6, 6.07) is 4.44. The van der Waals surface area contributed by atoms with E-state index in [1.54, 1.807) is 7.11 Å². The van der Waals surface area contributed by atoms with E-state index in [1.165, 1.54) is 29.7 Å². The molecule has 0 spiro atoms. The highest BCUT2D eigenvalue weighted by atomic mass is 32.2. The highest BCUT2D eigenvalue weighted by Gasteiger charge is 2.34. The smallest absolute Gasteiger partial charge is 0.218 e. The van der Waals surface area contributed by atoms with E-state index in [9.17, 15) is 17.2 Å². The Bertz CT molecular complexity index is 976. The highest BCUT2D eigenvalue weighted by molar-refractivity contribution is 7.90. The molecule has 1 aromatic carbocycles. The molecule has 178 valence electrons. The summed E-state index contributed by atoms with van der Waals surface area (Å²) in [5.41, 5.74) is 3.99. The topological polar surface area (TPSA) is 58.6 Å². The van der Waals surface area contributed by atoms with Crippen LogP contribution in [0, 0.1) is 5.92 Å². The molecule has 3 rings (SSSR count). The number of benzene rings is 1. The number of aryl methyl sites for hydroxylation is 1.